The lowest BCUT2D eigenvalue weighted by atomic mass is 10.1. The first-order valence-corrected chi connectivity index (χ1v) is 7.66. The molecule has 25 heavy (non-hydrogen) atoms. The van der Waals surface area contributed by atoms with E-state index in [0.29, 0.717) is 30.2 Å². The number of nitrogens with zero attached hydrogens (tertiary/aromatic N) is 1. The van der Waals surface area contributed by atoms with Crippen molar-refractivity contribution < 1.29 is 28.4 Å². The molecule has 0 atom stereocenters. The summed E-state index contributed by atoms with van der Waals surface area (Å²) in [6, 6.07) is 6.16. The second-order valence-corrected chi connectivity index (χ2v) is 5.64. The number of hydroxylamine groups is 2. The minimum absolute atomic E-state index is 0.0825. The Hall–Kier alpha value is -3.42. The molecule has 4 rings (SSSR count). The number of imide groups is 1. The molecule has 0 saturated carbocycles. The Morgan fingerprint density at radius 2 is 1.80 bits per heavy atom. The van der Waals surface area contributed by atoms with E-state index in [0.717, 1.165) is 6.26 Å². The van der Waals surface area contributed by atoms with Crippen molar-refractivity contribution in [1.82, 2.24) is 10.4 Å². The smallest absolute Gasteiger partial charge is 0.368 e. The first-order chi connectivity index (χ1) is 12.1. The fraction of sp³-hybridized carbons (Fsp3) is 0.176. The highest BCUT2D eigenvalue weighted by molar-refractivity contribution is 6.21. The number of aryl methyl sites for hydroxylation is 1. The minimum atomic E-state index is -1.00. The van der Waals surface area contributed by atoms with Crippen molar-refractivity contribution in [3.63, 3.8) is 0 Å². The van der Waals surface area contributed by atoms with E-state index >= 15 is 0 Å². The molecule has 2 aliphatic rings. The molecule has 2 aromatic rings. The highest BCUT2D eigenvalue weighted by Gasteiger charge is 2.40. The predicted octanol–water partition coefficient (Wildman–Crippen LogP) is 1.32. The van der Waals surface area contributed by atoms with E-state index in [2.05, 4.69) is 5.32 Å². The summed E-state index contributed by atoms with van der Waals surface area (Å²) >= 11 is 0. The lowest BCUT2D eigenvalue weighted by Gasteiger charge is -2.12. The third kappa shape index (κ3) is 2.30. The molecule has 0 aliphatic carbocycles. The summed E-state index contributed by atoms with van der Waals surface area (Å²) in [6.07, 6.45) is 2.28. The van der Waals surface area contributed by atoms with Crippen LogP contribution in [0.1, 0.15) is 53.6 Å². The predicted molar refractivity (Wildman–Crippen MR) is 81.7 cm³/mol. The molecular formula is C17H12N2O6. The van der Waals surface area contributed by atoms with Crippen LogP contribution in [0.25, 0.3) is 0 Å². The summed E-state index contributed by atoms with van der Waals surface area (Å²) in [4.78, 5) is 54.0. The third-order valence-electron chi connectivity index (χ3n) is 4.11. The average molecular weight is 340 g/mol. The van der Waals surface area contributed by atoms with Crippen LogP contribution in [0, 0.1) is 0 Å². The highest BCUT2D eigenvalue weighted by atomic mass is 16.7. The van der Waals surface area contributed by atoms with Crippen LogP contribution in [-0.4, -0.2) is 35.3 Å². The van der Waals surface area contributed by atoms with Gasteiger partial charge < -0.3 is 14.6 Å². The molecule has 0 spiro atoms. The van der Waals surface area contributed by atoms with Crippen LogP contribution in [0.3, 0.4) is 0 Å². The molecule has 8 heteroatoms. The number of amides is 3. The van der Waals surface area contributed by atoms with Gasteiger partial charge in [-0.3, -0.25) is 14.4 Å². The molecule has 1 aromatic heterocycles. The van der Waals surface area contributed by atoms with Crippen LogP contribution in [0.4, 0.5) is 0 Å². The molecule has 1 N–H and O–H groups in total. The zero-order chi connectivity index (χ0) is 17.6. The first kappa shape index (κ1) is 15.1. The van der Waals surface area contributed by atoms with Gasteiger partial charge in [-0.05, 0) is 18.6 Å². The van der Waals surface area contributed by atoms with Crippen molar-refractivity contribution in [3.8, 4) is 0 Å². The topological polar surface area (TPSA) is 106 Å². The Kier molecular flexibility index (Phi) is 3.38. The largest absolute Gasteiger partial charge is 0.468 e. The van der Waals surface area contributed by atoms with Crippen molar-refractivity contribution in [1.29, 1.82) is 0 Å². The lowest BCUT2D eigenvalue weighted by Crippen LogP contribution is -2.33. The summed E-state index contributed by atoms with van der Waals surface area (Å²) in [6.45, 7) is 0.468. The molecule has 8 nitrogen and oxygen atoms in total. The number of hydrogen-bond donors (Lipinski definition) is 1. The van der Waals surface area contributed by atoms with Crippen LogP contribution in [-0.2, 0) is 11.3 Å². The quantitative estimate of drug-likeness (QED) is 0.827. The van der Waals surface area contributed by atoms with Crippen molar-refractivity contribution in [3.05, 3.63) is 58.5 Å². The van der Waals surface area contributed by atoms with E-state index in [9.17, 15) is 19.2 Å². The first-order valence-electron chi connectivity index (χ1n) is 7.66. The molecule has 0 bridgehead atoms. The molecule has 3 amide bonds. The molecule has 0 unspecified atom stereocenters. The van der Waals surface area contributed by atoms with Gasteiger partial charge in [0.2, 0.25) is 0 Å². The Labute approximate surface area is 141 Å². The minimum Gasteiger partial charge on any atom is -0.468 e. The molecule has 0 saturated heterocycles. The maximum absolute atomic E-state index is 12.4. The van der Waals surface area contributed by atoms with Crippen molar-refractivity contribution in [2.75, 3.05) is 6.54 Å². The second kappa shape index (κ2) is 5.59. The summed E-state index contributed by atoms with van der Waals surface area (Å²) in [7, 11) is 0. The van der Waals surface area contributed by atoms with Gasteiger partial charge >= 0.3 is 5.97 Å². The van der Waals surface area contributed by atoms with Gasteiger partial charge in [-0.15, -0.1) is 0 Å². The number of benzene rings is 1. The molecule has 0 fully saturated rings. The van der Waals surface area contributed by atoms with E-state index in [1.807, 2.05) is 0 Å². The fourth-order valence-electron chi connectivity index (χ4n) is 2.90. The molecule has 3 heterocycles. The van der Waals surface area contributed by atoms with Gasteiger partial charge in [0.05, 0.1) is 16.7 Å². The lowest BCUT2D eigenvalue weighted by molar-refractivity contribution is -0.0585. The van der Waals surface area contributed by atoms with Crippen LogP contribution in [0.5, 0.6) is 0 Å². The summed E-state index contributed by atoms with van der Waals surface area (Å²) < 4.78 is 5.29. The molecular weight excluding hydrogens is 328 g/mol. The number of hydrogen-bond acceptors (Lipinski definition) is 6. The maximum atomic E-state index is 12.4. The fourth-order valence-corrected chi connectivity index (χ4v) is 2.90. The van der Waals surface area contributed by atoms with Crippen LogP contribution in [0.15, 0.2) is 34.9 Å². The summed E-state index contributed by atoms with van der Waals surface area (Å²) in [5, 5.41) is 3.06. The van der Waals surface area contributed by atoms with Gasteiger partial charge in [0.25, 0.3) is 17.7 Å². The number of carbonyl (C=O) groups excluding carboxylic acids is 4. The molecule has 0 radical (unpaired) electrons. The van der Waals surface area contributed by atoms with E-state index in [-0.39, 0.29) is 22.3 Å². The number of carbonyl (C=O) groups is 4. The van der Waals surface area contributed by atoms with Crippen molar-refractivity contribution in [2.45, 2.75) is 12.8 Å². The average Bonchev–Trinajstić information content (AvgIpc) is 3.08. The van der Waals surface area contributed by atoms with E-state index < -0.39 is 23.7 Å². The number of fused-ring (bicyclic) bond motifs is 2. The Morgan fingerprint density at radius 1 is 1.12 bits per heavy atom. The van der Waals surface area contributed by atoms with Crippen LogP contribution in [0.2, 0.25) is 0 Å². The second-order valence-electron chi connectivity index (χ2n) is 5.64. The normalized spacial score (nSPS) is 16.2. The zero-order valence-electron chi connectivity index (χ0n) is 12.9. The SMILES string of the molecule is O=C(ON1C(=O)c2ccccc2C1=O)c1coc2c1C(=O)NCCC2. The standard InChI is InChI=1S/C17H12N2O6/c20-14-13-11(8-24-12(13)6-3-7-18-14)17(23)25-19-15(21)9-4-1-2-5-10(9)16(19)22/h1-2,4-5,8H,3,6-7H2,(H,18,20). The summed E-state index contributed by atoms with van der Waals surface area (Å²) in [5.41, 5.74) is 0.276. The molecule has 2 aliphatic heterocycles. The van der Waals surface area contributed by atoms with Crippen molar-refractivity contribution >= 4 is 23.7 Å². The molecule has 126 valence electrons. The monoisotopic (exact) mass is 340 g/mol. The number of rotatable bonds is 2. The van der Waals surface area contributed by atoms with E-state index in [4.69, 9.17) is 9.25 Å². The summed E-state index contributed by atoms with van der Waals surface area (Å²) in [5.74, 6) is -2.53. The van der Waals surface area contributed by atoms with Crippen LogP contribution >= 0.6 is 0 Å². The van der Waals surface area contributed by atoms with Gasteiger partial charge in [-0.2, -0.15) is 0 Å². The number of nitrogens with one attached hydrogen (secondary N) is 1. The zero-order valence-corrected chi connectivity index (χ0v) is 12.9. The maximum Gasteiger partial charge on any atom is 0.368 e. The van der Waals surface area contributed by atoms with Gasteiger partial charge in [-0.1, -0.05) is 17.2 Å². The highest BCUT2D eigenvalue weighted by Crippen LogP contribution is 2.26. The third-order valence-corrected chi connectivity index (χ3v) is 4.11. The number of furan rings is 1. The van der Waals surface area contributed by atoms with Gasteiger partial charge in [0.15, 0.2) is 0 Å². The van der Waals surface area contributed by atoms with Gasteiger partial charge in [0, 0.05) is 13.0 Å². The Balaban J connectivity index is 1.62. The molecule has 1 aromatic carbocycles. The van der Waals surface area contributed by atoms with Crippen molar-refractivity contribution in [2.24, 2.45) is 0 Å². The van der Waals surface area contributed by atoms with Gasteiger partial charge in [0.1, 0.15) is 17.6 Å². The Bertz CT molecular complexity index is 894. The van der Waals surface area contributed by atoms with E-state index in [1.54, 1.807) is 12.1 Å². The van der Waals surface area contributed by atoms with Gasteiger partial charge in [-0.25, -0.2) is 4.79 Å². The van der Waals surface area contributed by atoms with Crippen LogP contribution < -0.4 is 5.32 Å². The Morgan fingerprint density at radius 3 is 2.48 bits per heavy atom. The van der Waals surface area contributed by atoms with E-state index in [1.165, 1.54) is 12.1 Å².